The lowest BCUT2D eigenvalue weighted by Gasteiger charge is -2.03. The van der Waals surface area contributed by atoms with Gasteiger partial charge in [0.1, 0.15) is 0 Å². The number of pyridine rings is 1. The third-order valence-corrected chi connectivity index (χ3v) is 2.16. The first-order valence-electron chi connectivity index (χ1n) is 4.42. The molecule has 0 spiro atoms. The van der Waals surface area contributed by atoms with Gasteiger partial charge in [0, 0.05) is 18.3 Å². The molecular weight excluding hydrogens is 202 g/mol. The number of aromatic nitrogens is 1. The van der Waals surface area contributed by atoms with E-state index in [1.165, 1.54) is 0 Å². The lowest BCUT2D eigenvalue weighted by molar-refractivity contribution is -0.137. The van der Waals surface area contributed by atoms with Gasteiger partial charge in [-0.2, -0.15) is 0 Å². The number of halogens is 1. The Morgan fingerprint density at radius 3 is 2.93 bits per heavy atom. The fraction of sp³-hybridized carbons (Fsp3) is 0.400. The number of nitrogens with zero attached hydrogens (tertiary/aromatic N) is 1. The third kappa shape index (κ3) is 3.34. The summed E-state index contributed by atoms with van der Waals surface area (Å²) >= 11 is 5.74. The van der Waals surface area contributed by atoms with E-state index in [-0.39, 0.29) is 6.42 Å². The molecule has 1 N–H and O–H groups in total. The smallest absolute Gasteiger partial charge is 0.303 e. The second kappa shape index (κ2) is 4.96. The average Bonchev–Trinajstić information content (AvgIpc) is 2.08. The van der Waals surface area contributed by atoms with Gasteiger partial charge in [-0.1, -0.05) is 11.6 Å². The van der Waals surface area contributed by atoms with Gasteiger partial charge in [-0.15, -0.1) is 0 Å². The highest BCUT2D eigenvalue weighted by atomic mass is 35.5. The van der Waals surface area contributed by atoms with Gasteiger partial charge in [-0.25, -0.2) is 0 Å². The fourth-order valence-corrected chi connectivity index (χ4v) is 1.45. The maximum atomic E-state index is 10.3. The minimum atomic E-state index is -0.767. The van der Waals surface area contributed by atoms with Gasteiger partial charge < -0.3 is 5.11 Å². The number of aliphatic carboxylic acids is 1. The Balaban J connectivity index is 2.55. The molecule has 0 fully saturated rings. The fourth-order valence-electron chi connectivity index (χ4n) is 1.24. The van der Waals surface area contributed by atoms with Crippen molar-refractivity contribution in [2.75, 3.05) is 0 Å². The predicted molar refractivity (Wildman–Crippen MR) is 54.6 cm³/mol. The highest BCUT2D eigenvalue weighted by Gasteiger charge is 2.02. The van der Waals surface area contributed by atoms with Gasteiger partial charge in [-0.05, 0) is 31.4 Å². The highest BCUT2D eigenvalue weighted by molar-refractivity contribution is 6.30. The molecule has 0 aliphatic heterocycles. The Morgan fingerprint density at radius 2 is 2.36 bits per heavy atom. The number of carboxylic acids is 1. The van der Waals surface area contributed by atoms with Crippen molar-refractivity contribution >= 4 is 17.6 Å². The molecule has 0 aliphatic carbocycles. The summed E-state index contributed by atoms with van der Waals surface area (Å²) in [6, 6.07) is 1.84. The Labute approximate surface area is 87.7 Å². The molecule has 0 aromatic carbocycles. The molecule has 0 saturated carbocycles. The molecule has 0 radical (unpaired) electrons. The number of hydrogen-bond donors (Lipinski definition) is 1. The van der Waals surface area contributed by atoms with Gasteiger partial charge in [0.25, 0.3) is 0 Å². The van der Waals surface area contributed by atoms with Crippen LogP contribution in [0.5, 0.6) is 0 Å². The minimum absolute atomic E-state index is 0.184. The van der Waals surface area contributed by atoms with Crippen molar-refractivity contribution in [3.05, 3.63) is 28.5 Å². The van der Waals surface area contributed by atoms with E-state index in [1.54, 1.807) is 6.20 Å². The van der Waals surface area contributed by atoms with Crippen LogP contribution in [0.1, 0.15) is 24.1 Å². The summed E-state index contributed by atoms with van der Waals surface area (Å²) in [6.07, 6.45) is 3.08. The van der Waals surface area contributed by atoms with E-state index in [1.807, 2.05) is 13.0 Å². The van der Waals surface area contributed by atoms with E-state index in [4.69, 9.17) is 16.7 Å². The normalized spacial score (nSPS) is 10.1. The number of aryl methyl sites for hydroxylation is 2. The van der Waals surface area contributed by atoms with Crippen LogP contribution >= 0.6 is 11.6 Å². The van der Waals surface area contributed by atoms with Gasteiger partial charge in [0.05, 0.1) is 5.02 Å². The van der Waals surface area contributed by atoms with E-state index >= 15 is 0 Å². The molecule has 0 unspecified atom stereocenters. The molecule has 0 bridgehead atoms. The number of carboxylic acid groups (broad SMARTS) is 1. The molecule has 0 amide bonds. The van der Waals surface area contributed by atoms with Crippen molar-refractivity contribution in [2.45, 2.75) is 26.2 Å². The van der Waals surface area contributed by atoms with E-state index in [2.05, 4.69) is 4.98 Å². The molecule has 76 valence electrons. The SMILES string of the molecule is Cc1cc(Cl)cnc1CCCC(=O)O. The van der Waals surface area contributed by atoms with Crippen LogP contribution in [0.3, 0.4) is 0 Å². The second-order valence-corrected chi connectivity index (χ2v) is 3.60. The first-order valence-corrected chi connectivity index (χ1v) is 4.80. The summed E-state index contributed by atoms with van der Waals surface area (Å²) in [7, 11) is 0. The second-order valence-electron chi connectivity index (χ2n) is 3.16. The summed E-state index contributed by atoms with van der Waals surface area (Å²) in [4.78, 5) is 14.4. The summed E-state index contributed by atoms with van der Waals surface area (Å²) in [5, 5.41) is 9.08. The molecule has 1 heterocycles. The van der Waals surface area contributed by atoms with Crippen LogP contribution in [0.25, 0.3) is 0 Å². The molecule has 0 saturated heterocycles. The van der Waals surface area contributed by atoms with Gasteiger partial charge in [-0.3, -0.25) is 9.78 Å². The van der Waals surface area contributed by atoms with E-state index < -0.39 is 5.97 Å². The third-order valence-electron chi connectivity index (χ3n) is 1.96. The molecule has 14 heavy (non-hydrogen) atoms. The quantitative estimate of drug-likeness (QED) is 0.836. The summed E-state index contributed by atoms with van der Waals surface area (Å²) in [5.41, 5.74) is 1.94. The Bertz CT molecular complexity index is 339. The Hall–Kier alpha value is -1.09. The maximum Gasteiger partial charge on any atom is 0.303 e. The molecule has 1 aromatic rings. The molecule has 3 nitrogen and oxygen atoms in total. The largest absolute Gasteiger partial charge is 0.481 e. The zero-order valence-corrected chi connectivity index (χ0v) is 8.71. The van der Waals surface area contributed by atoms with Crippen LogP contribution in [0.4, 0.5) is 0 Å². The van der Waals surface area contributed by atoms with E-state index in [0.717, 1.165) is 11.3 Å². The van der Waals surface area contributed by atoms with Crippen LogP contribution < -0.4 is 0 Å². The van der Waals surface area contributed by atoms with Crippen LogP contribution in [0, 0.1) is 6.92 Å². The van der Waals surface area contributed by atoms with Crippen molar-refractivity contribution in [1.29, 1.82) is 0 Å². The topological polar surface area (TPSA) is 50.2 Å². The van der Waals surface area contributed by atoms with Gasteiger partial charge in [0.2, 0.25) is 0 Å². The maximum absolute atomic E-state index is 10.3. The summed E-state index contributed by atoms with van der Waals surface area (Å²) in [6.45, 7) is 1.93. The predicted octanol–water partition coefficient (Wildman–Crippen LogP) is 2.45. The molecule has 1 aromatic heterocycles. The Morgan fingerprint density at radius 1 is 1.64 bits per heavy atom. The van der Waals surface area contributed by atoms with Gasteiger partial charge in [0.15, 0.2) is 0 Å². The monoisotopic (exact) mass is 213 g/mol. The van der Waals surface area contributed by atoms with Crippen LogP contribution in [-0.4, -0.2) is 16.1 Å². The molecule has 0 aliphatic rings. The minimum Gasteiger partial charge on any atom is -0.481 e. The van der Waals surface area contributed by atoms with Crippen molar-refractivity contribution < 1.29 is 9.90 Å². The zero-order valence-electron chi connectivity index (χ0n) is 7.96. The standard InChI is InChI=1S/C10H12ClNO2/c1-7-5-8(11)6-12-9(7)3-2-4-10(13)14/h5-6H,2-4H2,1H3,(H,13,14). The van der Waals surface area contributed by atoms with Crippen LogP contribution in [0.15, 0.2) is 12.3 Å². The number of carbonyl (C=O) groups is 1. The van der Waals surface area contributed by atoms with Crippen molar-refractivity contribution in [3.8, 4) is 0 Å². The Kier molecular flexibility index (Phi) is 3.89. The van der Waals surface area contributed by atoms with E-state index in [0.29, 0.717) is 17.9 Å². The highest BCUT2D eigenvalue weighted by Crippen LogP contribution is 2.13. The first-order chi connectivity index (χ1) is 6.59. The van der Waals surface area contributed by atoms with Crippen LogP contribution in [0.2, 0.25) is 5.02 Å². The molecule has 4 heteroatoms. The number of hydrogen-bond acceptors (Lipinski definition) is 2. The van der Waals surface area contributed by atoms with E-state index in [9.17, 15) is 4.79 Å². The lowest BCUT2D eigenvalue weighted by atomic mass is 10.1. The first kappa shape index (κ1) is 11.0. The van der Waals surface area contributed by atoms with Crippen molar-refractivity contribution in [3.63, 3.8) is 0 Å². The average molecular weight is 214 g/mol. The molecular formula is C10H12ClNO2. The molecule has 0 atom stereocenters. The molecule has 1 rings (SSSR count). The van der Waals surface area contributed by atoms with Crippen molar-refractivity contribution in [2.24, 2.45) is 0 Å². The number of rotatable bonds is 4. The van der Waals surface area contributed by atoms with Crippen LogP contribution in [-0.2, 0) is 11.2 Å². The van der Waals surface area contributed by atoms with Crippen molar-refractivity contribution in [1.82, 2.24) is 4.98 Å². The van der Waals surface area contributed by atoms with Gasteiger partial charge >= 0.3 is 5.97 Å². The summed E-state index contributed by atoms with van der Waals surface area (Å²) in [5.74, 6) is -0.767. The lowest BCUT2D eigenvalue weighted by Crippen LogP contribution is -1.99. The summed E-state index contributed by atoms with van der Waals surface area (Å²) < 4.78 is 0. The zero-order chi connectivity index (χ0) is 10.6.